The number of aryl methyl sites for hydroxylation is 1. The minimum absolute atomic E-state index is 0.394. The van der Waals surface area contributed by atoms with E-state index in [4.69, 9.17) is 16.3 Å². The van der Waals surface area contributed by atoms with Crippen LogP contribution in [0.2, 0.25) is 5.02 Å². The van der Waals surface area contributed by atoms with Crippen LogP contribution in [-0.4, -0.2) is 22.7 Å². The Morgan fingerprint density at radius 2 is 2.33 bits per heavy atom. The van der Waals surface area contributed by atoms with Crippen LogP contribution in [0.5, 0.6) is 5.75 Å². The smallest absolute Gasteiger partial charge is 0.155 e. The maximum absolute atomic E-state index is 10.9. The number of hydrogen-bond acceptors (Lipinski definition) is 3. The highest BCUT2D eigenvalue weighted by molar-refractivity contribution is 6.33. The molecule has 0 aliphatic rings. The van der Waals surface area contributed by atoms with Crippen LogP contribution in [0.15, 0.2) is 30.6 Å². The van der Waals surface area contributed by atoms with Gasteiger partial charge in [-0.2, -0.15) is 5.10 Å². The minimum Gasteiger partial charge on any atom is -0.492 e. The Bertz CT molecular complexity index is 552. The summed E-state index contributed by atoms with van der Waals surface area (Å²) in [7, 11) is 1.87. The second-order valence-electron chi connectivity index (χ2n) is 3.89. The van der Waals surface area contributed by atoms with E-state index in [0.717, 1.165) is 12.0 Å². The highest BCUT2D eigenvalue weighted by Gasteiger charge is 2.07. The van der Waals surface area contributed by atoms with Crippen LogP contribution in [0, 0.1) is 0 Å². The van der Waals surface area contributed by atoms with E-state index in [9.17, 15) is 4.79 Å². The molecule has 94 valence electrons. The van der Waals surface area contributed by atoms with Crippen molar-refractivity contribution in [3.63, 3.8) is 0 Å². The molecule has 0 fully saturated rings. The van der Waals surface area contributed by atoms with Crippen LogP contribution in [0.25, 0.3) is 0 Å². The van der Waals surface area contributed by atoms with Crippen LogP contribution < -0.4 is 4.74 Å². The number of hydrogen-bond donors (Lipinski definition) is 0. The Balaban J connectivity index is 1.98. The van der Waals surface area contributed by atoms with Crippen molar-refractivity contribution in [2.45, 2.75) is 6.42 Å². The average Bonchev–Trinajstić information content (AvgIpc) is 2.75. The van der Waals surface area contributed by atoms with Crippen molar-refractivity contribution in [3.8, 4) is 5.75 Å². The van der Waals surface area contributed by atoms with E-state index in [1.807, 2.05) is 13.2 Å². The zero-order valence-electron chi connectivity index (χ0n) is 9.97. The number of carbonyl (C=O) groups excluding carboxylic acids is 1. The van der Waals surface area contributed by atoms with Crippen molar-refractivity contribution < 1.29 is 9.53 Å². The molecule has 0 unspecified atom stereocenters. The monoisotopic (exact) mass is 264 g/mol. The average molecular weight is 265 g/mol. The number of ether oxygens (including phenoxy) is 1. The maximum Gasteiger partial charge on any atom is 0.155 e. The molecule has 0 aliphatic carbocycles. The van der Waals surface area contributed by atoms with Gasteiger partial charge in [0.25, 0.3) is 0 Å². The summed E-state index contributed by atoms with van der Waals surface area (Å²) in [5.41, 5.74) is 1.48. The van der Waals surface area contributed by atoms with Crippen LogP contribution in [0.3, 0.4) is 0 Å². The van der Waals surface area contributed by atoms with Crippen molar-refractivity contribution in [2.75, 3.05) is 6.61 Å². The van der Waals surface area contributed by atoms with Gasteiger partial charge in [-0.3, -0.25) is 9.48 Å². The molecule has 0 radical (unpaired) electrons. The highest BCUT2D eigenvalue weighted by Crippen LogP contribution is 2.24. The minimum atomic E-state index is 0.394. The second-order valence-corrected chi connectivity index (χ2v) is 4.30. The van der Waals surface area contributed by atoms with Gasteiger partial charge in [0.1, 0.15) is 5.75 Å². The van der Waals surface area contributed by atoms with Gasteiger partial charge in [-0.05, 0) is 17.7 Å². The Kier molecular flexibility index (Phi) is 3.99. The third-order valence-electron chi connectivity index (χ3n) is 2.54. The molecule has 0 amide bonds. The molecule has 0 atom stereocenters. The maximum atomic E-state index is 10.9. The summed E-state index contributed by atoms with van der Waals surface area (Å²) in [5.74, 6) is 0.515. The van der Waals surface area contributed by atoms with Gasteiger partial charge < -0.3 is 4.74 Å². The first-order chi connectivity index (χ1) is 8.70. The summed E-state index contributed by atoms with van der Waals surface area (Å²) in [6.07, 6.45) is 5.17. The fourth-order valence-electron chi connectivity index (χ4n) is 1.64. The number of rotatable bonds is 5. The molecule has 0 bridgehead atoms. The van der Waals surface area contributed by atoms with Crippen LogP contribution in [0.4, 0.5) is 0 Å². The van der Waals surface area contributed by atoms with Gasteiger partial charge >= 0.3 is 0 Å². The summed E-state index contributed by atoms with van der Waals surface area (Å²) in [5, 5.41) is 4.48. The Hall–Kier alpha value is -1.81. The third-order valence-corrected chi connectivity index (χ3v) is 2.87. The van der Waals surface area contributed by atoms with Crippen LogP contribution >= 0.6 is 11.6 Å². The summed E-state index contributed by atoms with van der Waals surface area (Å²) in [6, 6.07) is 5.16. The van der Waals surface area contributed by atoms with E-state index in [2.05, 4.69) is 5.10 Å². The van der Waals surface area contributed by atoms with Crippen molar-refractivity contribution >= 4 is 17.9 Å². The quantitative estimate of drug-likeness (QED) is 0.780. The Morgan fingerprint density at radius 3 is 3.00 bits per heavy atom. The Morgan fingerprint density at radius 1 is 1.50 bits per heavy atom. The number of aromatic nitrogens is 2. The SMILES string of the molecule is Cn1cc(CCOc2cccc(Cl)c2C=O)cn1. The lowest BCUT2D eigenvalue weighted by Gasteiger charge is -2.08. The van der Waals surface area contributed by atoms with Crippen LogP contribution in [0.1, 0.15) is 15.9 Å². The van der Waals surface area contributed by atoms with Crippen molar-refractivity contribution in [1.29, 1.82) is 0 Å². The summed E-state index contributed by atoms with van der Waals surface area (Å²) in [4.78, 5) is 10.9. The molecule has 1 aromatic carbocycles. The van der Waals surface area contributed by atoms with E-state index in [-0.39, 0.29) is 0 Å². The zero-order chi connectivity index (χ0) is 13.0. The lowest BCUT2D eigenvalue weighted by Crippen LogP contribution is -2.03. The second kappa shape index (κ2) is 5.69. The molecule has 0 spiro atoms. The molecular weight excluding hydrogens is 252 g/mol. The first-order valence-electron chi connectivity index (χ1n) is 5.54. The molecular formula is C13H13ClN2O2. The summed E-state index contributed by atoms with van der Waals surface area (Å²) < 4.78 is 7.31. The summed E-state index contributed by atoms with van der Waals surface area (Å²) >= 11 is 5.90. The third kappa shape index (κ3) is 2.90. The summed E-state index contributed by atoms with van der Waals surface area (Å²) in [6.45, 7) is 0.479. The van der Waals surface area contributed by atoms with Crippen molar-refractivity contribution in [2.24, 2.45) is 7.05 Å². The van der Waals surface area contributed by atoms with Gasteiger partial charge in [0.2, 0.25) is 0 Å². The van der Waals surface area contributed by atoms with E-state index >= 15 is 0 Å². The highest BCUT2D eigenvalue weighted by atomic mass is 35.5. The van der Waals surface area contributed by atoms with E-state index in [1.54, 1.807) is 29.1 Å². The standard InChI is InChI=1S/C13H13ClN2O2/c1-16-8-10(7-15-16)5-6-18-13-4-2-3-12(14)11(13)9-17/h2-4,7-9H,5-6H2,1H3. The normalized spacial score (nSPS) is 10.3. The molecule has 4 nitrogen and oxygen atoms in total. The topological polar surface area (TPSA) is 44.1 Å². The number of aldehydes is 1. The van der Waals surface area contributed by atoms with Crippen molar-refractivity contribution in [1.82, 2.24) is 9.78 Å². The van der Waals surface area contributed by atoms with Crippen molar-refractivity contribution in [3.05, 3.63) is 46.7 Å². The van der Waals surface area contributed by atoms with Gasteiger partial charge in [0.05, 0.1) is 23.4 Å². The number of halogens is 1. The predicted molar refractivity (Wildman–Crippen MR) is 69.2 cm³/mol. The molecule has 5 heteroatoms. The van der Waals surface area contributed by atoms with E-state index in [0.29, 0.717) is 29.2 Å². The molecule has 0 saturated carbocycles. The molecule has 1 aromatic heterocycles. The first kappa shape index (κ1) is 12.6. The first-order valence-corrected chi connectivity index (χ1v) is 5.92. The lowest BCUT2D eigenvalue weighted by atomic mass is 10.2. The van der Waals surface area contributed by atoms with Gasteiger partial charge in [-0.1, -0.05) is 17.7 Å². The molecule has 0 aliphatic heterocycles. The molecule has 0 N–H and O–H groups in total. The largest absolute Gasteiger partial charge is 0.492 e. The molecule has 1 heterocycles. The molecule has 2 rings (SSSR count). The van der Waals surface area contributed by atoms with Crippen LogP contribution in [-0.2, 0) is 13.5 Å². The lowest BCUT2D eigenvalue weighted by molar-refractivity contribution is 0.112. The van der Waals surface area contributed by atoms with E-state index < -0.39 is 0 Å². The van der Waals surface area contributed by atoms with Gasteiger partial charge in [0.15, 0.2) is 6.29 Å². The fourth-order valence-corrected chi connectivity index (χ4v) is 1.85. The zero-order valence-corrected chi connectivity index (χ0v) is 10.7. The Labute approximate surface area is 110 Å². The predicted octanol–water partition coefficient (Wildman–Crippen LogP) is 2.51. The fraction of sp³-hybridized carbons (Fsp3) is 0.231. The van der Waals surface area contributed by atoms with Gasteiger partial charge in [-0.25, -0.2) is 0 Å². The number of benzene rings is 1. The molecule has 18 heavy (non-hydrogen) atoms. The number of nitrogens with zero attached hydrogens (tertiary/aromatic N) is 2. The van der Waals surface area contributed by atoms with Gasteiger partial charge in [0, 0.05) is 19.7 Å². The van der Waals surface area contributed by atoms with Gasteiger partial charge in [-0.15, -0.1) is 0 Å². The molecule has 2 aromatic rings. The van der Waals surface area contributed by atoms with E-state index in [1.165, 1.54) is 0 Å². The molecule has 0 saturated heterocycles. The number of carbonyl (C=O) groups is 1.